The van der Waals surface area contributed by atoms with Gasteiger partial charge in [0.15, 0.2) is 5.78 Å². The minimum absolute atomic E-state index is 0.373. The Hall–Kier alpha value is -0.370. The van der Waals surface area contributed by atoms with Gasteiger partial charge in [-0.2, -0.15) is 0 Å². The fourth-order valence-electron chi connectivity index (χ4n) is 3.12. The molecule has 2 heteroatoms. The Morgan fingerprint density at radius 3 is 2.82 bits per heavy atom. The van der Waals surface area contributed by atoms with Crippen LogP contribution in [-0.2, 0) is 9.53 Å². The summed E-state index contributed by atoms with van der Waals surface area (Å²) < 4.78 is 5.51. The molecular formula is C9H12O2. The van der Waals surface area contributed by atoms with Gasteiger partial charge in [-0.3, -0.25) is 4.79 Å². The van der Waals surface area contributed by atoms with E-state index in [0.717, 1.165) is 12.3 Å². The van der Waals surface area contributed by atoms with Gasteiger partial charge in [0, 0.05) is 5.92 Å². The van der Waals surface area contributed by atoms with Crippen molar-refractivity contribution in [2.24, 2.45) is 17.8 Å². The van der Waals surface area contributed by atoms with Crippen molar-refractivity contribution in [3.05, 3.63) is 0 Å². The molecule has 2 saturated heterocycles. The number of ether oxygens (including phenoxy) is 1. The molecule has 11 heavy (non-hydrogen) atoms. The van der Waals surface area contributed by atoms with E-state index in [1.807, 2.05) is 0 Å². The van der Waals surface area contributed by atoms with Crippen LogP contribution in [0.3, 0.4) is 0 Å². The van der Waals surface area contributed by atoms with E-state index in [-0.39, 0.29) is 0 Å². The van der Waals surface area contributed by atoms with Crippen molar-refractivity contribution in [2.45, 2.75) is 25.4 Å². The Bertz CT molecular complexity index is 212. The molecule has 0 radical (unpaired) electrons. The van der Waals surface area contributed by atoms with Crippen molar-refractivity contribution < 1.29 is 9.53 Å². The lowest BCUT2D eigenvalue weighted by atomic mass is 9.86. The first kappa shape index (κ1) is 6.18. The fraction of sp³-hybridized carbons (Fsp3) is 0.889. The minimum Gasteiger partial charge on any atom is -0.370 e. The normalized spacial score (nSPS) is 53.6. The maximum Gasteiger partial charge on any atom is 0.161 e. The summed E-state index contributed by atoms with van der Waals surface area (Å²) in [6.45, 7) is 0.405. The molecule has 4 bridgehead atoms. The van der Waals surface area contributed by atoms with Gasteiger partial charge >= 0.3 is 0 Å². The van der Waals surface area contributed by atoms with E-state index in [1.54, 1.807) is 0 Å². The van der Waals surface area contributed by atoms with E-state index in [9.17, 15) is 4.79 Å². The van der Waals surface area contributed by atoms with Gasteiger partial charge in [-0.05, 0) is 31.1 Å². The molecular weight excluding hydrogens is 140 g/mol. The van der Waals surface area contributed by atoms with Crippen LogP contribution in [0, 0.1) is 17.8 Å². The molecule has 0 spiro atoms. The van der Waals surface area contributed by atoms with Crippen LogP contribution in [0.4, 0.5) is 0 Å². The van der Waals surface area contributed by atoms with Crippen LogP contribution < -0.4 is 0 Å². The molecule has 60 valence electrons. The van der Waals surface area contributed by atoms with Gasteiger partial charge in [0.05, 0.1) is 6.10 Å². The van der Waals surface area contributed by atoms with Gasteiger partial charge in [-0.25, -0.2) is 0 Å². The third-order valence-corrected chi connectivity index (χ3v) is 3.65. The third kappa shape index (κ3) is 0.684. The van der Waals surface area contributed by atoms with Crippen molar-refractivity contribution in [3.63, 3.8) is 0 Å². The van der Waals surface area contributed by atoms with Gasteiger partial charge in [0.25, 0.3) is 0 Å². The Morgan fingerprint density at radius 1 is 1.18 bits per heavy atom. The number of fused-ring (bicyclic) bond motifs is 2. The highest BCUT2D eigenvalue weighted by atomic mass is 16.5. The number of carbonyl (C=O) groups excluding carboxylic acids is 1. The summed E-state index contributed by atoms with van der Waals surface area (Å²) in [5.74, 6) is 2.19. The first-order valence-electron chi connectivity index (χ1n) is 4.49. The Morgan fingerprint density at radius 2 is 2.09 bits per heavy atom. The number of Topliss-reactive ketones (excluding diaryl/α,β-unsaturated/α-hetero) is 1. The lowest BCUT2D eigenvalue weighted by molar-refractivity contribution is -0.126. The topological polar surface area (TPSA) is 26.3 Å². The minimum atomic E-state index is 0.373. The monoisotopic (exact) mass is 152 g/mol. The summed E-state index contributed by atoms with van der Waals surface area (Å²) in [5, 5.41) is 0. The summed E-state index contributed by atoms with van der Waals surface area (Å²) in [6.07, 6.45) is 4.01. The first-order chi connectivity index (χ1) is 5.34. The van der Waals surface area contributed by atoms with Gasteiger partial charge in [0.2, 0.25) is 0 Å². The number of carbonyl (C=O) groups is 1. The Labute approximate surface area is 65.9 Å². The molecule has 4 rings (SSSR count). The highest BCUT2D eigenvalue weighted by Gasteiger charge is 2.51. The molecule has 0 amide bonds. The molecule has 2 heterocycles. The predicted octanol–water partition coefficient (Wildman–Crippen LogP) is 1.00. The molecule has 2 nitrogen and oxygen atoms in total. The van der Waals surface area contributed by atoms with Gasteiger partial charge in [-0.1, -0.05) is 0 Å². The van der Waals surface area contributed by atoms with Crippen molar-refractivity contribution in [2.75, 3.05) is 6.61 Å². The van der Waals surface area contributed by atoms with Crippen molar-refractivity contribution in [1.82, 2.24) is 0 Å². The average Bonchev–Trinajstić information content (AvgIpc) is 2.50. The van der Waals surface area contributed by atoms with Crippen LogP contribution >= 0.6 is 0 Å². The van der Waals surface area contributed by atoms with E-state index in [2.05, 4.69) is 0 Å². The van der Waals surface area contributed by atoms with Crippen LogP contribution in [0.5, 0.6) is 0 Å². The fourth-order valence-corrected chi connectivity index (χ4v) is 3.12. The molecule has 2 aliphatic heterocycles. The molecule has 0 aromatic carbocycles. The molecule has 0 aromatic rings. The maximum atomic E-state index is 11.4. The quantitative estimate of drug-likeness (QED) is 0.517. The summed E-state index contributed by atoms with van der Waals surface area (Å²) in [4.78, 5) is 11.4. The summed E-state index contributed by atoms with van der Waals surface area (Å²) >= 11 is 0. The number of ketones is 1. The predicted molar refractivity (Wildman–Crippen MR) is 39.1 cm³/mol. The second-order valence-electron chi connectivity index (χ2n) is 4.15. The molecule has 0 N–H and O–H groups in total. The molecule has 4 atom stereocenters. The highest BCUT2D eigenvalue weighted by Crippen LogP contribution is 2.51. The highest BCUT2D eigenvalue weighted by molar-refractivity contribution is 5.83. The second kappa shape index (κ2) is 1.86. The maximum absolute atomic E-state index is 11.4. The van der Waals surface area contributed by atoms with E-state index < -0.39 is 0 Å². The van der Waals surface area contributed by atoms with Crippen LogP contribution in [0.15, 0.2) is 0 Å². The van der Waals surface area contributed by atoms with E-state index in [0.29, 0.717) is 30.3 Å². The summed E-state index contributed by atoms with van der Waals surface area (Å²) in [7, 11) is 0. The number of rotatable bonds is 0. The Kier molecular flexibility index (Phi) is 1.05. The molecule has 4 unspecified atom stereocenters. The number of hydrogen-bond acceptors (Lipinski definition) is 2. The largest absolute Gasteiger partial charge is 0.370 e. The molecule has 4 aliphatic rings. The van der Waals surface area contributed by atoms with E-state index in [1.165, 1.54) is 12.8 Å². The van der Waals surface area contributed by atoms with Crippen LogP contribution in [0.2, 0.25) is 0 Å². The molecule has 0 aromatic heterocycles. The van der Waals surface area contributed by atoms with Gasteiger partial charge < -0.3 is 4.74 Å². The zero-order valence-electron chi connectivity index (χ0n) is 6.45. The van der Waals surface area contributed by atoms with Crippen LogP contribution in [0.1, 0.15) is 19.3 Å². The Balaban J connectivity index is 2.00. The van der Waals surface area contributed by atoms with Crippen LogP contribution in [-0.4, -0.2) is 18.5 Å². The second-order valence-corrected chi connectivity index (χ2v) is 4.15. The van der Waals surface area contributed by atoms with Gasteiger partial charge in [-0.15, -0.1) is 0 Å². The first-order valence-corrected chi connectivity index (χ1v) is 4.49. The molecule has 4 fully saturated rings. The van der Waals surface area contributed by atoms with Gasteiger partial charge in [0.1, 0.15) is 6.61 Å². The molecule has 2 saturated carbocycles. The third-order valence-electron chi connectivity index (χ3n) is 3.65. The van der Waals surface area contributed by atoms with Crippen molar-refractivity contribution >= 4 is 5.78 Å². The lowest BCUT2D eigenvalue weighted by Crippen LogP contribution is -2.21. The average molecular weight is 152 g/mol. The zero-order chi connectivity index (χ0) is 7.42. The van der Waals surface area contributed by atoms with E-state index in [4.69, 9.17) is 4.74 Å². The van der Waals surface area contributed by atoms with Crippen molar-refractivity contribution in [3.8, 4) is 0 Å². The lowest BCUT2D eigenvalue weighted by Gasteiger charge is -2.19. The SMILES string of the molecule is O=C1COC2CC3CC2CC13. The zero-order valence-corrected chi connectivity index (χ0v) is 6.45. The summed E-state index contributed by atoms with van der Waals surface area (Å²) in [6, 6.07) is 0. The van der Waals surface area contributed by atoms with E-state index >= 15 is 0 Å². The standard InChI is InChI=1S/C9H12O2/c10-8-4-11-9-3-5-1-6(9)2-7(5)8/h5-7,9H,1-4H2. The van der Waals surface area contributed by atoms with Crippen LogP contribution in [0.25, 0.3) is 0 Å². The summed E-state index contributed by atoms with van der Waals surface area (Å²) in [5.41, 5.74) is 0. The van der Waals surface area contributed by atoms with Crippen molar-refractivity contribution in [1.29, 1.82) is 0 Å². The smallest absolute Gasteiger partial charge is 0.161 e. The number of hydrogen-bond donors (Lipinski definition) is 0. The molecule has 2 aliphatic carbocycles.